The van der Waals surface area contributed by atoms with Crippen molar-refractivity contribution in [2.45, 2.75) is 52.0 Å². The fourth-order valence-corrected chi connectivity index (χ4v) is 5.70. The van der Waals surface area contributed by atoms with E-state index in [0.29, 0.717) is 28.3 Å². The third-order valence-corrected chi connectivity index (χ3v) is 7.19. The van der Waals surface area contributed by atoms with Gasteiger partial charge in [-0.2, -0.15) is 5.26 Å². The van der Waals surface area contributed by atoms with Gasteiger partial charge in [0.25, 0.3) is 5.56 Å². The van der Waals surface area contributed by atoms with Crippen LogP contribution < -0.4 is 15.6 Å². The number of aromatic nitrogens is 1. The molecule has 1 aliphatic carbocycles. The van der Waals surface area contributed by atoms with Crippen molar-refractivity contribution in [3.05, 3.63) is 56.2 Å². The SMILES string of the molecule is CCC(C(=O)Nc1sc2c(c1C#N)CCCC2)n1c(=O)cc(C)c2cccc(OC)c21. The van der Waals surface area contributed by atoms with E-state index in [-0.39, 0.29) is 11.5 Å². The fraction of sp³-hybridized carbons (Fsp3) is 0.375. The number of anilines is 1. The summed E-state index contributed by atoms with van der Waals surface area (Å²) in [6, 6.07) is 8.71. The maximum absolute atomic E-state index is 13.4. The van der Waals surface area contributed by atoms with Crippen LogP contribution in [0.1, 0.15) is 53.8 Å². The Kier molecular flexibility index (Phi) is 5.84. The second-order valence-electron chi connectivity index (χ2n) is 7.83. The Morgan fingerprint density at radius 1 is 1.35 bits per heavy atom. The molecule has 0 saturated carbocycles. The number of nitrogens with zero attached hydrogens (tertiary/aromatic N) is 2. The van der Waals surface area contributed by atoms with Crippen LogP contribution in [0, 0.1) is 18.3 Å². The minimum absolute atomic E-state index is 0.248. The lowest BCUT2D eigenvalue weighted by atomic mass is 9.96. The number of amides is 1. The molecular weight excluding hydrogens is 410 g/mol. The molecule has 2 aromatic heterocycles. The van der Waals surface area contributed by atoms with Gasteiger partial charge in [0.2, 0.25) is 5.91 Å². The number of fused-ring (bicyclic) bond motifs is 2. The lowest BCUT2D eigenvalue weighted by Gasteiger charge is -2.22. The van der Waals surface area contributed by atoms with E-state index in [4.69, 9.17) is 4.74 Å². The summed E-state index contributed by atoms with van der Waals surface area (Å²) in [7, 11) is 1.56. The van der Waals surface area contributed by atoms with Gasteiger partial charge in [-0.05, 0) is 56.2 Å². The van der Waals surface area contributed by atoms with E-state index in [0.717, 1.165) is 42.2 Å². The topological polar surface area (TPSA) is 84.1 Å². The molecule has 1 aliphatic rings. The molecule has 6 nitrogen and oxygen atoms in total. The molecule has 3 aromatic rings. The average molecular weight is 436 g/mol. The maximum atomic E-state index is 13.4. The van der Waals surface area contributed by atoms with Crippen LogP contribution in [-0.4, -0.2) is 17.6 Å². The standard InChI is InChI=1S/C24H25N3O3S/c1-4-18(23(29)26-24-17(13-25)16-8-5-6-11-20(16)31-24)27-21(28)12-14(2)15-9-7-10-19(30-3)22(15)27/h7,9-10,12,18H,4-6,8,11H2,1-3H3,(H,26,29). The second-order valence-corrected chi connectivity index (χ2v) is 8.94. The number of nitriles is 1. The van der Waals surface area contributed by atoms with Gasteiger partial charge in [-0.3, -0.25) is 14.2 Å². The lowest BCUT2D eigenvalue weighted by Crippen LogP contribution is -2.33. The van der Waals surface area contributed by atoms with Crippen LogP contribution in [0.5, 0.6) is 5.75 Å². The zero-order valence-corrected chi connectivity index (χ0v) is 18.8. The molecule has 2 heterocycles. The summed E-state index contributed by atoms with van der Waals surface area (Å²) in [5.74, 6) is 0.254. The van der Waals surface area contributed by atoms with Crippen molar-refractivity contribution >= 4 is 33.1 Å². The molecule has 0 radical (unpaired) electrons. The number of nitrogens with one attached hydrogen (secondary N) is 1. The number of rotatable bonds is 5. The van der Waals surface area contributed by atoms with Crippen molar-refractivity contribution in [2.75, 3.05) is 12.4 Å². The Bertz CT molecular complexity index is 1270. The summed E-state index contributed by atoms with van der Waals surface area (Å²) in [6.45, 7) is 3.76. The van der Waals surface area contributed by atoms with E-state index in [1.165, 1.54) is 20.8 Å². The summed E-state index contributed by atoms with van der Waals surface area (Å²) in [4.78, 5) is 27.6. The summed E-state index contributed by atoms with van der Waals surface area (Å²) >= 11 is 1.49. The first-order chi connectivity index (χ1) is 15.0. The van der Waals surface area contributed by atoms with Crippen molar-refractivity contribution in [1.29, 1.82) is 5.26 Å². The Labute approximate surface area is 185 Å². The molecular formula is C24H25N3O3S. The Hall–Kier alpha value is -3.11. The molecule has 1 N–H and O–H groups in total. The van der Waals surface area contributed by atoms with Crippen LogP contribution in [0.2, 0.25) is 0 Å². The number of thiophene rings is 1. The van der Waals surface area contributed by atoms with E-state index in [9.17, 15) is 14.9 Å². The Morgan fingerprint density at radius 3 is 2.84 bits per heavy atom. The smallest absolute Gasteiger partial charge is 0.252 e. The number of methoxy groups -OCH3 is 1. The zero-order chi connectivity index (χ0) is 22.1. The number of carbonyl (C=O) groups is 1. The molecule has 1 aromatic carbocycles. The van der Waals surface area contributed by atoms with Gasteiger partial charge < -0.3 is 10.1 Å². The lowest BCUT2D eigenvalue weighted by molar-refractivity contribution is -0.119. The van der Waals surface area contributed by atoms with E-state index in [1.54, 1.807) is 19.2 Å². The highest BCUT2D eigenvalue weighted by Gasteiger charge is 2.27. The largest absolute Gasteiger partial charge is 0.495 e. The van der Waals surface area contributed by atoms with Crippen LogP contribution in [0.4, 0.5) is 5.00 Å². The van der Waals surface area contributed by atoms with Gasteiger partial charge in [-0.25, -0.2) is 0 Å². The van der Waals surface area contributed by atoms with E-state index < -0.39 is 6.04 Å². The minimum atomic E-state index is -0.724. The zero-order valence-electron chi connectivity index (χ0n) is 17.9. The number of pyridine rings is 1. The molecule has 1 amide bonds. The predicted octanol–water partition coefficient (Wildman–Crippen LogP) is 4.72. The van der Waals surface area contributed by atoms with Crippen LogP contribution in [0.25, 0.3) is 10.9 Å². The van der Waals surface area contributed by atoms with E-state index in [1.807, 2.05) is 26.0 Å². The number of hydrogen-bond acceptors (Lipinski definition) is 5. The van der Waals surface area contributed by atoms with Gasteiger partial charge in [-0.15, -0.1) is 11.3 Å². The first-order valence-electron chi connectivity index (χ1n) is 10.5. The number of para-hydroxylation sites is 1. The molecule has 4 rings (SSSR count). The van der Waals surface area contributed by atoms with Crippen molar-refractivity contribution in [2.24, 2.45) is 0 Å². The van der Waals surface area contributed by atoms with Crippen LogP contribution in [0.15, 0.2) is 29.1 Å². The van der Waals surface area contributed by atoms with Gasteiger partial charge in [-0.1, -0.05) is 19.1 Å². The molecule has 7 heteroatoms. The van der Waals surface area contributed by atoms with Gasteiger partial charge in [0.1, 0.15) is 22.9 Å². The number of carbonyl (C=O) groups excluding carboxylic acids is 1. The van der Waals surface area contributed by atoms with Gasteiger partial charge >= 0.3 is 0 Å². The van der Waals surface area contributed by atoms with Crippen molar-refractivity contribution in [3.63, 3.8) is 0 Å². The van der Waals surface area contributed by atoms with E-state index >= 15 is 0 Å². The monoisotopic (exact) mass is 435 g/mol. The molecule has 160 valence electrons. The summed E-state index contributed by atoms with van der Waals surface area (Å²) in [5.41, 5.74) is 2.84. The van der Waals surface area contributed by atoms with Crippen LogP contribution in [0.3, 0.4) is 0 Å². The normalized spacial score (nSPS) is 14.0. The highest BCUT2D eigenvalue weighted by Crippen LogP contribution is 2.38. The fourth-order valence-electron chi connectivity index (χ4n) is 4.46. The summed E-state index contributed by atoms with van der Waals surface area (Å²) < 4.78 is 7.05. The molecule has 0 aliphatic heterocycles. The predicted molar refractivity (Wildman–Crippen MR) is 123 cm³/mol. The van der Waals surface area contributed by atoms with Gasteiger partial charge in [0.05, 0.1) is 18.2 Å². The number of ether oxygens (including phenoxy) is 1. The minimum Gasteiger partial charge on any atom is -0.495 e. The van der Waals surface area contributed by atoms with Crippen LogP contribution in [-0.2, 0) is 17.6 Å². The van der Waals surface area contributed by atoms with Crippen molar-refractivity contribution in [3.8, 4) is 11.8 Å². The quantitative estimate of drug-likeness (QED) is 0.628. The maximum Gasteiger partial charge on any atom is 0.252 e. The molecule has 0 fully saturated rings. The van der Waals surface area contributed by atoms with Crippen LogP contribution >= 0.6 is 11.3 Å². The first kappa shape index (κ1) is 21.1. The number of benzene rings is 1. The van der Waals surface area contributed by atoms with Gasteiger partial charge in [0.15, 0.2) is 0 Å². The van der Waals surface area contributed by atoms with E-state index in [2.05, 4.69) is 11.4 Å². The number of hydrogen-bond donors (Lipinski definition) is 1. The molecule has 0 saturated heterocycles. The summed E-state index contributed by atoms with van der Waals surface area (Å²) in [6.07, 6.45) is 4.42. The molecule has 1 unspecified atom stereocenters. The molecule has 1 atom stereocenters. The molecule has 31 heavy (non-hydrogen) atoms. The third-order valence-electron chi connectivity index (χ3n) is 5.98. The highest BCUT2D eigenvalue weighted by atomic mass is 32.1. The second kappa shape index (κ2) is 8.56. The Balaban J connectivity index is 1.80. The summed E-state index contributed by atoms with van der Waals surface area (Å²) in [5, 5.41) is 14.1. The Morgan fingerprint density at radius 2 is 2.13 bits per heavy atom. The van der Waals surface area contributed by atoms with Gasteiger partial charge in [0, 0.05) is 16.3 Å². The first-order valence-corrected chi connectivity index (χ1v) is 11.4. The van der Waals surface area contributed by atoms with Crippen molar-refractivity contribution in [1.82, 2.24) is 4.57 Å². The average Bonchev–Trinajstić information content (AvgIpc) is 3.12. The highest BCUT2D eigenvalue weighted by molar-refractivity contribution is 7.16. The molecule has 0 spiro atoms. The molecule has 0 bridgehead atoms. The number of aryl methyl sites for hydroxylation is 2. The third kappa shape index (κ3) is 3.61. The van der Waals surface area contributed by atoms with Crippen molar-refractivity contribution < 1.29 is 9.53 Å².